The number of halogens is 2. The third kappa shape index (κ3) is 5.42. The molecule has 6 nitrogen and oxygen atoms in total. The Bertz CT molecular complexity index is 1020. The van der Waals surface area contributed by atoms with Crippen LogP contribution in [-0.4, -0.2) is 32.1 Å². The molecule has 1 heterocycles. The minimum absolute atomic E-state index is 0.138. The summed E-state index contributed by atoms with van der Waals surface area (Å²) in [6.07, 6.45) is 0. The Morgan fingerprint density at radius 2 is 1.86 bits per heavy atom. The van der Waals surface area contributed by atoms with Gasteiger partial charge in [-0.25, -0.2) is 9.82 Å². The maximum atomic E-state index is 13.0. The van der Waals surface area contributed by atoms with Crippen molar-refractivity contribution < 1.29 is 9.18 Å². The first-order chi connectivity index (χ1) is 14.0. The lowest BCUT2D eigenvalue weighted by molar-refractivity contribution is -0.118. The molecule has 9 heteroatoms. The van der Waals surface area contributed by atoms with Gasteiger partial charge in [0.1, 0.15) is 5.82 Å². The number of hydrogen-bond donors (Lipinski definition) is 1. The lowest BCUT2D eigenvalue weighted by Gasteiger charge is -2.07. The molecule has 0 aliphatic heterocycles. The minimum atomic E-state index is -0.319. The lowest BCUT2D eigenvalue weighted by atomic mass is 10.1. The van der Waals surface area contributed by atoms with Crippen molar-refractivity contribution in [2.45, 2.75) is 25.5 Å². The fraction of sp³-hybridized carbons (Fsp3) is 0.200. The summed E-state index contributed by atoms with van der Waals surface area (Å²) in [6.45, 7) is 4.40. The molecule has 2 aromatic carbocycles. The molecule has 150 valence electrons. The van der Waals surface area contributed by atoms with E-state index in [0.29, 0.717) is 22.4 Å². The Balaban J connectivity index is 1.62. The second-order valence-electron chi connectivity index (χ2n) is 6.09. The molecule has 3 rings (SSSR count). The SMILES string of the molecule is CCn1c(SCC(=O)NN=C(C)c2ccc(F)cc2)nnc1-c1ccc(Cl)cc1. The van der Waals surface area contributed by atoms with E-state index in [0.717, 1.165) is 17.0 Å². The van der Waals surface area contributed by atoms with E-state index in [-0.39, 0.29) is 17.5 Å². The zero-order chi connectivity index (χ0) is 20.8. The summed E-state index contributed by atoms with van der Waals surface area (Å²) in [5.74, 6) is 0.270. The number of hydrazone groups is 1. The highest BCUT2D eigenvalue weighted by Crippen LogP contribution is 2.25. The quantitative estimate of drug-likeness (QED) is 0.342. The van der Waals surface area contributed by atoms with Crippen LogP contribution in [0.2, 0.25) is 5.02 Å². The molecule has 29 heavy (non-hydrogen) atoms. The molecule has 0 bridgehead atoms. The van der Waals surface area contributed by atoms with Crippen LogP contribution in [0.3, 0.4) is 0 Å². The van der Waals surface area contributed by atoms with Gasteiger partial charge in [0.05, 0.1) is 11.5 Å². The van der Waals surface area contributed by atoms with Gasteiger partial charge >= 0.3 is 0 Å². The second-order valence-corrected chi connectivity index (χ2v) is 7.46. The second kappa shape index (κ2) is 9.67. The molecule has 0 saturated heterocycles. The summed E-state index contributed by atoms with van der Waals surface area (Å²) in [7, 11) is 0. The number of nitrogens with zero attached hydrogens (tertiary/aromatic N) is 4. The van der Waals surface area contributed by atoms with Gasteiger partial charge in [-0.1, -0.05) is 35.5 Å². The van der Waals surface area contributed by atoms with Crippen LogP contribution in [0.15, 0.2) is 58.8 Å². The Hall–Kier alpha value is -2.71. The van der Waals surface area contributed by atoms with E-state index < -0.39 is 0 Å². The van der Waals surface area contributed by atoms with Gasteiger partial charge in [0.2, 0.25) is 0 Å². The van der Waals surface area contributed by atoms with Gasteiger partial charge in [0.25, 0.3) is 5.91 Å². The highest BCUT2D eigenvalue weighted by atomic mass is 35.5. The normalized spacial score (nSPS) is 11.5. The van der Waals surface area contributed by atoms with Crippen molar-refractivity contribution in [1.82, 2.24) is 20.2 Å². The molecule has 0 spiro atoms. The van der Waals surface area contributed by atoms with Crippen molar-refractivity contribution >= 4 is 35.0 Å². The van der Waals surface area contributed by atoms with Crippen molar-refractivity contribution in [3.05, 3.63) is 64.9 Å². The van der Waals surface area contributed by atoms with E-state index >= 15 is 0 Å². The number of nitrogens with one attached hydrogen (secondary N) is 1. The first-order valence-corrected chi connectivity index (χ1v) is 10.2. The Labute approximate surface area is 177 Å². The van der Waals surface area contributed by atoms with Crippen molar-refractivity contribution in [3.63, 3.8) is 0 Å². The number of benzene rings is 2. The number of hydrogen-bond acceptors (Lipinski definition) is 5. The number of rotatable bonds is 7. The molecule has 1 N–H and O–H groups in total. The van der Waals surface area contributed by atoms with E-state index in [1.54, 1.807) is 31.2 Å². The van der Waals surface area contributed by atoms with Crippen molar-refractivity contribution in [2.75, 3.05) is 5.75 Å². The predicted octanol–water partition coefficient (Wildman–Crippen LogP) is 4.39. The minimum Gasteiger partial charge on any atom is -0.302 e. The zero-order valence-electron chi connectivity index (χ0n) is 15.9. The summed E-state index contributed by atoms with van der Waals surface area (Å²) < 4.78 is 14.9. The van der Waals surface area contributed by atoms with Crippen LogP contribution in [0.4, 0.5) is 4.39 Å². The van der Waals surface area contributed by atoms with Gasteiger partial charge in [-0.2, -0.15) is 5.10 Å². The average molecular weight is 432 g/mol. The van der Waals surface area contributed by atoms with E-state index in [2.05, 4.69) is 20.7 Å². The van der Waals surface area contributed by atoms with E-state index in [9.17, 15) is 9.18 Å². The van der Waals surface area contributed by atoms with Crippen LogP contribution >= 0.6 is 23.4 Å². The summed E-state index contributed by atoms with van der Waals surface area (Å²) in [5, 5.41) is 13.8. The number of carbonyl (C=O) groups excluding carboxylic acids is 1. The van der Waals surface area contributed by atoms with Crippen LogP contribution in [0.1, 0.15) is 19.4 Å². The Morgan fingerprint density at radius 1 is 1.17 bits per heavy atom. The average Bonchev–Trinajstić information content (AvgIpc) is 3.14. The third-order valence-electron chi connectivity index (χ3n) is 4.08. The van der Waals surface area contributed by atoms with Crippen molar-refractivity contribution in [1.29, 1.82) is 0 Å². The van der Waals surface area contributed by atoms with Crippen LogP contribution in [0, 0.1) is 5.82 Å². The molecule has 0 radical (unpaired) electrons. The summed E-state index contributed by atoms with van der Waals surface area (Å²) in [6, 6.07) is 13.3. The maximum absolute atomic E-state index is 13.0. The molecule has 0 atom stereocenters. The van der Waals surface area contributed by atoms with Gasteiger partial charge in [-0.05, 0) is 55.8 Å². The summed E-state index contributed by atoms with van der Waals surface area (Å²) >= 11 is 7.22. The monoisotopic (exact) mass is 431 g/mol. The summed E-state index contributed by atoms with van der Waals surface area (Å²) in [4.78, 5) is 12.1. The van der Waals surface area contributed by atoms with Crippen LogP contribution in [-0.2, 0) is 11.3 Å². The molecular weight excluding hydrogens is 413 g/mol. The molecule has 0 aliphatic carbocycles. The molecule has 0 saturated carbocycles. The fourth-order valence-electron chi connectivity index (χ4n) is 2.56. The highest BCUT2D eigenvalue weighted by Gasteiger charge is 2.14. The molecule has 1 amide bonds. The van der Waals surface area contributed by atoms with Crippen LogP contribution in [0.5, 0.6) is 0 Å². The van der Waals surface area contributed by atoms with Gasteiger partial charge in [0.15, 0.2) is 11.0 Å². The van der Waals surface area contributed by atoms with Gasteiger partial charge < -0.3 is 4.57 Å². The number of thioether (sulfide) groups is 1. The molecular formula is C20H19ClFN5OS. The van der Waals surface area contributed by atoms with E-state index in [1.807, 2.05) is 23.6 Å². The number of aromatic nitrogens is 3. The Morgan fingerprint density at radius 3 is 2.52 bits per heavy atom. The molecule has 0 fully saturated rings. The summed E-state index contributed by atoms with van der Waals surface area (Å²) in [5.41, 5.74) is 4.73. The van der Waals surface area contributed by atoms with Gasteiger partial charge in [-0.3, -0.25) is 4.79 Å². The van der Waals surface area contributed by atoms with Crippen LogP contribution < -0.4 is 5.43 Å². The largest absolute Gasteiger partial charge is 0.302 e. The van der Waals surface area contributed by atoms with Crippen LogP contribution in [0.25, 0.3) is 11.4 Å². The first-order valence-electron chi connectivity index (χ1n) is 8.89. The van der Waals surface area contributed by atoms with Gasteiger partial charge in [0, 0.05) is 17.1 Å². The maximum Gasteiger partial charge on any atom is 0.250 e. The zero-order valence-corrected chi connectivity index (χ0v) is 17.5. The molecule has 1 aromatic heterocycles. The number of amides is 1. The highest BCUT2D eigenvalue weighted by molar-refractivity contribution is 7.99. The molecule has 0 aliphatic rings. The number of carbonyl (C=O) groups is 1. The topological polar surface area (TPSA) is 72.2 Å². The Kier molecular flexibility index (Phi) is 7.00. The van der Waals surface area contributed by atoms with Gasteiger partial charge in [-0.15, -0.1) is 10.2 Å². The van der Waals surface area contributed by atoms with Crippen molar-refractivity contribution in [3.8, 4) is 11.4 Å². The third-order valence-corrected chi connectivity index (χ3v) is 5.30. The lowest BCUT2D eigenvalue weighted by Crippen LogP contribution is -2.21. The standard InChI is InChI=1S/C20H19ClFN5OS/c1-3-27-19(15-4-8-16(21)9-5-15)25-26-20(27)29-12-18(28)24-23-13(2)14-6-10-17(22)11-7-14/h4-11H,3,12H2,1-2H3,(H,24,28). The first kappa shape index (κ1) is 21.0. The fourth-order valence-corrected chi connectivity index (χ4v) is 3.48. The molecule has 0 unspecified atom stereocenters. The smallest absolute Gasteiger partial charge is 0.250 e. The van der Waals surface area contributed by atoms with E-state index in [1.165, 1.54) is 23.9 Å². The predicted molar refractivity (Wildman–Crippen MR) is 114 cm³/mol. The molecule has 3 aromatic rings. The van der Waals surface area contributed by atoms with E-state index in [4.69, 9.17) is 11.6 Å². The van der Waals surface area contributed by atoms with Crippen molar-refractivity contribution in [2.24, 2.45) is 5.10 Å².